The highest BCUT2D eigenvalue weighted by atomic mass is 32.2. The minimum absolute atomic E-state index is 0.0187. The first kappa shape index (κ1) is 15.8. The predicted octanol–water partition coefficient (Wildman–Crippen LogP) is 2.87. The van der Waals surface area contributed by atoms with E-state index in [2.05, 4.69) is 6.92 Å². The molecule has 1 atom stereocenters. The molecule has 1 heterocycles. The molecule has 0 amide bonds. The monoisotopic (exact) mass is 283 g/mol. The van der Waals surface area contributed by atoms with E-state index in [1.807, 2.05) is 18.7 Å². The first-order valence-electron chi connectivity index (χ1n) is 6.43. The van der Waals surface area contributed by atoms with E-state index in [0.29, 0.717) is 11.3 Å². The average molecular weight is 283 g/mol. The fraction of sp³-hybridized carbons (Fsp3) is 0.571. The van der Waals surface area contributed by atoms with Gasteiger partial charge in [0.05, 0.1) is 5.56 Å². The molecule has 0 saturated carbocycles. The van der Waals surface area contributed by atoms with E-state index < -0.39 is 5.97 Å². The predicted molar refractivity (Wildman–Crippen MR) is 79.5 cm³/mol. The average Bonchev–Trinajstić information content (AvgIpc) is 2.27. The number of carboxylic acids is 1. The summed E-state index contributed by atoms with van der Waals surface area (Å²) in [5.74, 6) is 1.05. The summed E-state index contributed by atoms with van der Waals surface area (Å²) >= 11 is 1.82. The molecule has 0 fully saturated rings. The molecule has 1 aromatic heterocycles. The van der Waals surface area contributed by atoms with Gasteiger partial charge >= 0.3 is 5.97 Å². The third-order valence-electron chi connectivity index (χ3n) is 3.23. The number of rotatable bonds is 6. The molecule has 0 radical (unpaired) electrons. The highest BCUT2D eigenvalue weighted by Crippen LogP contribution is 2.18. The number of aryl methyl sites for hydroxylation is 1. The van der Waals surface area contributed by atoms with Crippen LogP contribution in [0.4, 0.5) is 0 Å². The largest absolute Gasteiger partial charge is 0.478 e. The molecule has 1 rings (SSSR count). The lowest BCUT2D eigenvalue weighted by Gasteiger charge is -2.20. The van der Waals surface area contributed by atoms with Gasteiger partial charge in [-0.3, -0.25) is 4.79 Å². The van der Waals surface area contributed by atoms with E-state index in [1.165, 1.54) is 6.07 Å². The van der Waals surface area contributed by atoms with Crippen molar-refractivity contribution in [3.05, 3.63) is 33.2 Å². The summed E-state index contributed by atoms with van der Waals surface area (Å²) < 4.78 is 1.60. The minimum Gasteiger partial charge on any atom is -0.478 e. The van der Waals surface area contributed by atoms with Crippen molar-refractivity contribution in [1.82, 2.24) is 4.57 Å². The molecule has 0 spiro atoms. The van der Waals surface area contributed by atoms with Crippen molar-refractivity contribution < 1.29 is 9.90 Å². The van der Waals surface area contributed by atoms with Crippen molar-refractivity contribution in [3.8, 4) is 0 Å². The Bertz CT molecular complexity index is 522. The molecule has 106 valence electrons. The fourth-order valence-electron chi connectivity index (χ4n) is 2.30. The standard InChI is InChI=1S/C14H21NO3S/c1-5-19-7-6-10(3)15-11(4)13(14(17)18)9(2)8-12(15)16/h8,10H,5-7H2,1-4H3,(H,17,18). The summed E-state index contributed by atoms with van der Waals surface area (Å²) in [7, 11) is 0. The van der Waals surface area contributed by atoms with E-state index in [9.17, 15) is 14.7 Å². The molecule has 0 saturated heterocycles. The van der Waals surface area contributed by atoms with Gasteiger partial charge in [-0.05, 0) is 44.3 Å². The number of carbonyl (C=O) groups is 1. The lowest BCUT2D eigenvalue weighted by atomic mass is 10.1. The molecule has 0 aromatic carbocycles. The number of aromatic carboxylic acids is 1. The van der Waals surface area contributed by atoms with Gasteiger partial charge in [0.2, 0.25) is 0 Å². The van der Waals surface area contributed by atoms with Crippen molar-refractivity contribution >= 4 is 17.7 Å². The zero-order valence-corrected chi connectivity index (χ0v) is 12.7. The quantitative estimate of drug-likeness (QED) is 0.816. The van der Waals surface area contributed by atoms with Crippen molar-refractivity contribution in [1.29, 1.82) is 0 Å². The Kier molecular flexibility index (Phi) is 5.66. The number of pyridine rings is 1. The first-order chi connectivity index (χ1) is 8.90. The Labute approximate surface area is 117 Å². The van der Waals surface area contributed by atoms with Crippen LogP contribution in [0.3, 0.4) is 0 Å². The van der Waals surface area contributed by atoms with E-state index >= 15 is 0 Å². The van der Waals surface area contributed by atoms with Gasteiger partial charge in [0.1, 0.15) is 0 Å². The van der Waals surface area contributed by atoms with Gasteiger partial charge < -0.3 is 9.67 Å². The third kappa shape index (κ3) is 3.62. The highest BCUT2D eigenvalue weighted by Gasteiger charge is 2.18. The van der Waals surface area contributed by atoms with E-state index in [4.69, 9.17) is 0 Å². The van der Waals surface area contributed by atoms with Crippen LogP contribution in [-0.2, 0) is 0 Å². The molecule has 5 heteroatoms. The van der Waals surface area contributed by atoms with Gasteiger partial charge in [0.15, 0.2) is 0 Å². The van der Waals surface area contributed by atoms with Gasteiger partial charge in [-0.1, -0.05) is 6.92 Å². The van der Waals surface area contributed by atoms with Crippen LogP contribution in [0.5, 0.6) is 0 Å². The van der Waals surface area contributed by atoms with Crippen LogP contribution in [0.15, 0.2) is 10.9 Å². The molecule has 19 heavy (non-hydrogen) atoms. The van der Waals surface area contributed by atoms with E-state index in [1.54, 1.807) is 18.4 Å². The Morgan fingerprint density at radius 1 is 1.47 bits per heavy atom. The number of carboxylic acid groups (broad SMARTS) is 1. The maximum absolute atomic E-state index is 12.1. The van der Waals surface area contributed by atoms with Crippen LogP contribution in [0.2, 0.25) is 0 Å². The van der Waals surface area contributed by atoms with Crippen molar-refractivity contribution in [2.75, 3.05) is 11.5 Å². The SMILES string of the molecule is CCSCCC(C)n1c(C)c(C(=O)O)c(C)cc1=O. The molecule has 4 nitrogen and oxygen atoms in total. The zero-order valence-electron chi connectivity index (χ0n) is 11.9. The summed E-state index contributed by atoms with van der Waals surface area (Å²) in [6.45, 7) is 7.44. The maximum atomic E-state index is 12.1. The summed E-state index contributed by atoms with van der Waals surface area (Å²) in [6.07, 6.45) is 0.862. The second-order valence-corrected chi connectivity index (χ2v) is 6.03. The lowest BCUT2D eigenvalue weighted by molar-refractivity contribution is 0.0694. The van der Waals surface area contributed by atoms with Crippen LogP contribution in [0.25, 0.3) is 0 Å². The van der Waals surface area contributed by atoms with Crippen LogP contribution < -0.4 is 5.56 Å². The van der Waals surface area contributed by atoms with Crippen LogP contribution in [0.1, 0.15) is 47.9 Å². The summed E-state index contributed by atoms with van der Waals surface area (Å²) in [4.78, 5) is 23.3. The van der Waals surface area contributed by atoms with Crippen LogP contribution in [-0.4, -0.2) is 27.1 Å². The molecule has 0 bridgehead atoms. The normalized spacial score (nSPS) is 12.4. The molecular weight excluding hydrogens is 262 g/mol. The minimum atomic E-state index is -0.973. The van der Waals surface area contributed by atoms with Gasteiger partial charge in [-0.2, -0.15) is 11.8 Å². The van der Waals surface area contributed by atoms with Gasteiger partial charge in [0, 0.05) is 17.8 Å². The molecule has 1 unspecified atom stereocenters. The topological polar surface area (TPSA) is 59.3 Å². The van der Waals surface area contributed by atoms with E-state index in [0.717, 1.165) is 17.9 Å². The number of hydrogen-bond acceptors (Lipinski definition) is 3. The van der Waals surface area contributed by atoms with Crippen molar-refractivity contribution in [3.63, 3.8) is 0 Å². The third-order valence-corrected chi connectivity index (χ3v) is 4.17. The molecule has 1 aromatic rings. The van der Waals surface area contributed by atoms with Gasteiger partial charge in [0.25, 0.3) is 5.56 Å². The molecule has 1 N–H and O–H groups in total. The summed E-state index contributed by atoms with van der Waals surface area (Å²) in [5.41, 5.74) is 1.21. The Balaban J connectivity index is 3.17. The Morgan fingerprint density at radius 2 is 2.11 bits per heavy atom. The smallest absolute Gasteiger partial charge is 0.337 e. The fourth-order valence-corrected chi connectivity index (χ4v) is 3.09. The van der Waals surface area contributed by atoms with Gasteiger partial charge in [-0.15, -0.1) is 0 Å². The lowest BCUT2D eigenvalue weighted by Crippen LogP contribution is -2.28. The highest BCUT2D eigenvalue weighted by molar-refractivity contribution is 7.99. The summed E-state index contributed by atoms with van der Waals surface area (Å²) in [5, 5.41) is 9.24. The summed E-state index contributed by atoms with van der Waals surface area (Å²) in [6, 6.07) is 1.44. The van der Waals surface area contributed by atoms with E-state index in [-0.39, 0.29) is 17.2 Å². The Morgan fingerprint density at radius 3 is 2.63 bits per heavy atom. The molecule has 0 aliphatic carbocycles. The van der Waals surface area contributed by atoms with Crippen molar-refractivity contribution in [2.45, 2.75) is 40.2 Å². The second kappa shape index (κ2) is 6.80. The number of nitrogens with zero attached hydrogens (tertiary/aromatic N) is 1. The Hall–Kier alpha value is -1.23. The molecule has 0 aliphatic heterocycles. The van der Waals surface area contributed by atoms with Crippen LogP contribution in [0, 0.1) is 13.8 Å². The number of aromatic nitrogens is 1. The molecule has 0 aliphatic rings. The van der Waals surface area contributed by atoms with Gasteiger partial charge in [-0.25, -0.2) is 4.79 Å². The maximum Gasteiger partial charge on any atom is 0.337 e. The molecular formula is C14H21NO3S. The van der Waals surface area contributed by atoms with Crippen molar-refractivity contribution in [2.24, 2.45) is 0 Å². The second-order valence-electron chi connectivity index (χ2n) is 4.64. The number of thioether (sulfide) groups is 1. The van der Waals surface area contributed by atoms with Crippen LogP contribution >= 0.6 is 11.8 Å². The zero-order chi connectivity index (χ0) is 14.6. The number of hydrogen-bond donors (Lipinski definition) is 1. The first-order valence-corrected chi connectivity index (χ1v) is 7.59.